The van der Waals surface area contributed by atoms with Crippen LogP contribution < -0.4 is 5.73 Å². The Morgan fingerprint density at radius 1 is 1.29 bits per heavy atom. The molecule has 3 rings (SSSR count). The summed E-state index contributed by atoms with van der Waals surface area (Å²) in [7, 11) is 0. The van der Waals surface area contributed by atoms with Gasteiger partial charge >= 0.3 is 0 Å². The summed E-state index contributed by atoms with van der Waals surface area (Å²) in [5.41, 5.74) is 8.96. The first-order valence-corrected chi connectivity index (χ1v) is 7.77. The molecule has 21 heavy (non-hydrogen) atoms. The summed E-state index contributed by atoms with van der Waals surface area (Å²) in [6.07, 6.45) is 2.26. The molecule has 0 bridgehead atoms. The molecule has 0 aliphatic heterocycles. The molecule has 0 aliphatic carbocycles. The monoisotopic (exact) mass is 301 g/mol. The Hall–Kier alpha value is -1.95. The molecule has 6 heteroatoms. The average Bonchev–Trinajstić information content (AvgIpc) is 2.95. The third kappa shape index (κ3) is 2.40. The molecule has 3 heterocycles. The molecule has 2 N–H and O–H groups in total. The SMILES string of the molecule is Cc1sccc1Cc1nn(C(C)(C)C)c2ncnc(N)c12. The smallest absolute Gasteiger partial charge is 0.164 e. The van der Waals surface area contributed by atoms with Gasteiger partial charge in [-0.2, -0.15) is 5.10 Å². The molecule has 0 aliphatic rings. The lowest BCUT2D eigenvalue weighted by molar-refractivity contribution is 0.363. The highest BCUT2D eigenvalue weighted by Crippen LogP contribution is 2.29. The van der Waals surface area contributed by atoms with Crippen LogP contribution in [-0.4, -0.2) is 19.7 Å². The molecular weight excluding hydrogens is 282 g/mol. The summed E-state index contributed by atoms with van der Waals surface area (Å²) >= 11 is 1.75. The van der Waals surface area contributed by atoms with Crippen LogP contribution in [0.2, 0.25) is 0 Å². The van der Waals surface area contributed by atoms with Gasteiger partial charge in [-0.3, -0.25) is 0 Å². The van der Waals surface area contributed by atoms with Crippen LogP contribution in [0.5, 0.6) is 0 Å². The normalized spacial score (nSPS) is 12.2. The summed E-state index contributed by atoms with van der Waals surface area (Å²) in [5, 5.41) is 7.75. The van der Waals surface area contributed by atoms with E-state index in [4.69, 9.17) is 10.8 Å². The lowest BCUT2D eigenvalue weighted by Crippen LogP contribution is -2.23. The highest BCUT2D eigenvalue weighted by molar-refractivity contribution is 7.10. The fourth-order valence-electron chi connectivity index (χ4n) is 2.41. The summed E-state index contributed by atoms with van der Waals surface area (Å²) in [6, 6.07) is 2.14. The Kier molecular flexibility index (Phi) is 3.20. The molecule has 3 aromatic heterocycles. The number of aromatic nitrogens is 4. The van der Waals surface area contributed by atoms with Crippen molar-refractivity contribution in [3.05, 3.63) is 33.9 Å². The second-order valence-electron chi connectivity index (χ2n) is 6.17. The van der Waals surface area contributed by atoms with Crippen LogP contribution in [0.25, 0.3) is 11.0 Å². The number of rotatable bonds is 2. The maximum atomic E-state index is 6.08. The lowest BCUT2D eigenvalue weighted by Gasteiger charge is -2.19. The predicted octanol–water partition coefficient (Wildman–Crippen LogP) is 3.12. The Balaban J connectivity index is 2.21. The van der Waals surface area contributed by atoms with E-state index in [0.717, 1.165) is 23.1 Å². The van der Waals surface area contributed by atoms with Gasteiger partial charge in [0.2, 0.25) is 0 Å². The van der Waals surface area contributed by atoms with E-state index in [2.05, 4.69) is 49.1 Å². The molecule has 0 radical (unpaired) electrons. The molecule has 0 saturated heterocycles. The molecule has 5 nitrogen and oxygen atoms in total. The molecular formula is C15H19N5S. The number of nitrogens with two attached hydrogens (primary N) is 1. The largest absolute Gasteiger partial charge is 0.383 e. The molecule has 110 valence electrons. The van der Waals surface area contributed by atoms with Crippen molar-refractivity contribution in [3.8, 4) is 0 Å². The first-order chi connectivity index (χ1) is 9.88. The number of aryl methyl sites for hydroxylation is 1. The van der Waals surface area contributed by atoms with E-state index in [-0.39, 0.29) is 5.54 Å². The van der Waals surface area contributed by atoms with Crippen LogP contribution in [0.3, 0.4) is 0 Å². The molecule has 0 atom stereocenters. The van der Waals surface area contributed by atoms with Gasteiger partial charge in [-0.25, -0.2) is 14.6 Å². The number of thiophene rings is 1. The van der Waals surface area contributed by atoms with E-state index in [1.807, 2.05) is 4.68 Å². The second-order valence-corrected chi connectivity index (χ2v) is 7.29. The fourth-order valence-corrected chi connectivity index (χ4v) is 3.14. The number of fused-ring (bicyclic) bond motifs is 1. The van der Waals surface area contributed by atoms with Crippen LogP contribution in [0, 0.1) is 6.92 Å². The summed E-state index contributed by atoms with van der Waals surface area (Å²) in [6.45, 7) is 8.45. The summed E-state index contributed by atoms with van der Waals surface area (Å²) < 4.78 is 1.94. The van der Waals surface area contributed by atoms with E-state index in [1.165, 1.54) is 16.8 Å². The van der Waals surface area contributed by atoms with Crippen LogP contribution >= 0.6 is 11.3 Å². The van der Waals surface area contributed by atoms with E-state index in [0.29, 0.717) is 5.82 Å². The minimum Gasteiger partial charge on any atom is -0.383 e. The van der Waals surface area contributed by atoms with Gasteiger partial charge < -0.3 is 5.73 Å². The number of nitrogens with zero attached hydrogens (tertiary/aromatic N) is 4. The van der Waals surface area contributed by atoms with Gasteiger partial charge in [-0.1, -0.05) is 0 Å². The molecule has 0 saturated carbocycles. The lowest BCUT2D eigenvalue weighted by atomic mass is 10.1. The minimum atomic E-state index is -0.152. The van der Waals surface area contributed by atoms with Gasteiger partial charge in [0.15, 0.2) is 5.65 Å². The van der Waals surface area contributed by atoms with Crippen molar-refractivity contribution >= 4 is 28.2 Å². The maximum Gasteiger partial charge on any atom is 0.164 e. The van der Waals surface area contributed by atoms with Gasteiger partial charge in [0.25, 0.3) is 0 Å². The van der Waals surface area contributed by atoms with E-state index < -0.39 is 0 Å². The van der Waals surface area contributed by atoms with Gasteiger partial charge in [-0.05, 0) is 44.7 Å². The van der Waals surface area contributed by atoms with Crippen molar-refractivity contribution in [3.63, 3.8) is 0 Å². The Bertz CT molecular complexity index is 794. The average molecular weight is 301 g/mol. The number of nitrogen functional groups attached to an aromatic ring is 1. The van der Waals surface area contributed by atoms with Crippen molar-refractivity contribution in [2.24, 2.45) is 0 Å². The molecule has 0 spiro atoms. The van der Waals surface area contributed by atoms with Gasteiger partial charge in [0.05, 0.1) is 16.6 Å². The maximum absolute atomic E-state index is 6.08. The Labute approximate surface area is 127 Å². The van der Waals surface area contributed by atoms with Crippen molar-refractivity contribution < 1.29 is 0 Å². The summed E-state index contributed by atoms with van der Waals surface area (Å²) in [4.78, 5) is 9.83. The summed E-state index contributed by atoms with van der Waals surface area (Å²) in [5.74, 6) is 0.499. The fraction of sp³-hybridized carbons (Fsp3) is 0.400. The third-order valence-corrected chi connectivity index (χ3v) is 4.41. The van der Waals surface area contributed by atoms with E-state index in [1.54, 1.807) is 11.3 Å². The van der Waals surface area contributed by atoms with Crippen molar-refractivity contribution in [2.75, 3.05) is 5.73 Å². The van der Waals surface area contributed by atoms with Crippen LogP contribution in [-0.2, 0) is 12.0 Å². The zero-order valence-corrected chi connectivity index (χ0v) is 13.5. The number of hydrogen-bond donors (Lipinski definition) is 1. The molecule has 3 aromatic rings. The van der Waals surface area contributed by atoms with E-state index >= 15 is 0 Å². The predicted molar refractivity (Wildman–Crippen MR) is 86.6 cm³/mol. The highest BCUT2D eigenvalue weighted by atomic mass is 32.1. The topological polar surface area (TPSA) is 69.6 Å². The Morgan fingerprint density at radius 3 is 2.67 bits per heavy atom. The van der Waals surface area contributed by atoms with Gasteiger partial charge in [0.1, 0.15) is 12.1 Å². The van der Waals surface area contributed by atoms with Crippen molar-refractivity contribution in [1.29, 1.82) is 0 Å². The standard InChI is InChI=1S/C15H19N5S/c1-9-10(5-6-21-9)7-11-12-13(16)17-8-18-14(12)20(19-11)15(2,3)4/h5-6,8H,7H2,1-4H3,(H2,16,17,18). The molecule has 0 aromatic carbocycles. The van der Waals surface area contributed by atoms with Crippen LogP contribution in [0.1, 0.15) is 36.9 Å². The zero-order valence-electron chi connectivity index (χ0n) is 12.7. The molecule has 0 fully saturated rings. The first-order valence-electron chi connectivity index (χ1n) is 6.89. The number of anilines is 1. The van der Waals surface area contributed by atoms with Gasteiger partial charge in [0, 0.05) is 11.3 Å². The Morgan fingerprint density at radius 2 is 2.05 bits per heavy atom. The van der Waals surface area contributed by atoms with Crippen LogP contribution in [0.15, 0.2) is 17.8 Å². The first kappa shape index (κ1) is 14.0. The van der Waals surface area contributed by atoms with Crippen molar-refractivity contribution in [1.82, 2.24) is 19.7 Å². The third-order valence-electron chi connectivity index (χ3n) is 3.53. The molecule has 0 amide bonds. The molecule has 0 unspecified atom stereocenters. The van der Waals surface area contributed by atoms with Gasteiger partial charge in [-0.15, -0.1) is 11.3 Å². The van der Waals surface area contributed by atoms with Crippen molar-refractivity contribution in [2.45, 2.75) is 39.7 Å². The van der Waals surface area contributed by atoms with Crippen LogP contribution in [0.4, 0.5) is 5.82 Å². The highest BCUT2D eigenvalue weighted by Gasteiger charge is 2.23. The van der Waals surface area contributed by atoms with E-state index in [9.17, 15) is 0 Å². The zero-order chi connectivity index (χ0) is 15.2. The number of hydrogen-bond acceptors (Lipinski definition) is 5. The quantitative estimate of drug-likeness (QED) is 0.789. The second kappa shape index (κ2) is 4.80. The minimum absolute atomic E-state index is 0.152.